The van der Waals surface area contributed by atoms with Crippen LogP contribution in [-0.2, 0) is 25.2 Å². The van der Waals surface area contributed by atoms with Gasteiger partial charge in [0.25, 0.3) is 0 Å². The second-order valence-electron chi connectivity index (χ2n) is 8.18. The Morgan fingerprint density at radius 2 is 1.76 bits per heavy atom. The number of ether oxygens (including phenoxy) is 1. The molecule has 1 aromatic carbocycles. The predicted octanol–water partition coefficient (Wildman–Crippen LogP) is 3.67. The van der Waals surface area contributed by atoms with E-state index in [2.05, 4.69) is 45.0 Å². The van der Waals surface area contributed by atoms with E-state index in [9.17, 15) is 9.59 Å². The number of rotatable bonds is 6. The van der Waals surface area contributed by atoms with Crippen LogP contribution in [0.4, 0.5) is 0 Å². The van der Waals surface area contributed by atoms with Crippen molar-refractivity contribution in [2.24, 2.45) is 5.92 Å². The zero-order valence-electron chi connectivity index (χ0n) is 16.4. The highest BCUT2D eigenvalue weighted by Gasteiger charge is 2.53. The summed E-state index contributed by atoms with van der Waals surface area (Å²) in [6, 6.07) is 8.47. The van der Waals surface area contributed by atoms with Gasteiger partial charge >= 0.3 is 5.97 Å². The fraction of sp³-hybridized carbons (Fsp3) is 0.619. The molecule has 1 unspecified atom stereocenters. The van der Waals surface area contributed by atoms with Crippen molar-refractivity contribution in [2.45, 2.75) is 58.3 Å². The molecule has 25 heavy (non-hydrogen) atoms. The summed E-state index contributed by atoms with van der Waals surface area (Å²) in [5, 5.41) is 0. The van der Waals surface area contributed by atoms with E-state index in [1.165, 1.54) is 12.7 Å². The summed E-state index contributed by atoms with van der Waals surface area (Å²) in [6.45, 7) is 11.3. The van der Waals surface area contributed by atoms with Gasteiger partial charge in [-0.2, -0.15) is 0 Å². The monoisotopic (exact) mass is 345 g/mol. The van der Waals surface area contributed by atoms with Gasteiger partial charge in [-0.15, -0.1) is 0 Å². The molecule has 0 N–H and O–H groups in total. The van der Waals surface area contributed by atoms with E-state index in [4.69, 9.17) is 4.74 Å². The van der Waals surface area contributed by atoms with Crippen LogP contribution in [0.25, 0.3) is 0 Å². The number of carbonyl (C=O) groups is 2. The molecule has 1 aromatic rings. The largest absolute Gasteiger partial charge is 0.469 e. The maximum Gasteiger partial charge on any atom is 0.310 e. The van der Waals surface area contributed by atoms with Gasteiger partial charge in [0, 0.05) is 13.1 Å². The van der Waals surface area contributed by atoms with Gasteiger partial charge in [0.15, 0.2) is 0 Å². The number of benzene rings is 1. The third kappa shape index (κ3) is 4.05. The van der Waals surface area contributed by atoms with Crippen molar-refractivity contribution in [3.8, 4) is 0 Å². The van der Waals surface area contributed by atoms with E-state index in [-0.39, 0.29) is 23.2 Å². The lowest BCUT2D eigenvalue weighted by molar-refractivity contribution is -0.146. The zero-order valence-corrected chi connectivity index (χ0v) is 16.4. The quantitative estimate of drug-likeness (QED) is 0.739. The average molecular weight is 345 g/mol. The number of esters is 1. The number of likely N-dealkylation sites (N-methyl/N-ethyl adjacent to an activating group) is 1. The molecule has 0 saturated heterocycles. The molecule has 1 atom stereocenters. The Balaban J connectivity index is 2.18. The summed E-state index contributed by atoms with van der Waals surface area (Å²) in [5.74, 6) is -0.451. The fourth-order valence-electron chi connectivity index (χ4n) is 3.30. The van der Waals surface area contributed by atoms with Crippen LogP contribution in [0.3, 0.4) is 0 Å². The molecular weight excluding hydrogens is 314 g/mol. The molecule has 1 saturated carbocycles. The first-order chi connectivity index (χ1) is 11.7. The van der Waals surface area contributed by atoms with Gasteiger partial charge in [-0.1, -0.05) is 52.0 Å². The lowest BCUT2D eigenvalue weighted by Gasteiger charge is -2.28. The van der Waals surface area contributed by atoms with E-state index in [0.29, 0.717) is 13.1 Å². The van der Waals surface area contributed by atoms with Crippen molar-refractivity contribution in [1.82, 2.24) is 4.90 Å². The van der Waals surface area contributed by atoms with Crippen molar-refractivity contribution >= 4 is 11.9 Å². The van der Waals surface area contributed by atoms with E-state index < -0.39 is 5.41 Å². The maximum atomic E-state index is 13.2. The van der Waals surface area contributed by atoms with E-state index in [0.717, 1.165) is 18.4 Å². The summed E-state index contributed by atoms with van der Waals surface area (Å²) in [6.07, 6.45) is 1.76. The minimum absolute atomic E-state index is 0.102. The molecule has 0 bridgehead atoms. The van der Waals surface area contributed by atoms with Crippen LogP contribution in [0, 0.1) is 5.92 Å². The first kappa shape index (κ1) is 19.5. The molecular formula is C21H31NO3. The van der Waals surface area contributed by atoms with Crippen molar-refractivity contribution in [3.05, 3.63) is 35.4 Å². The van der Waals surface area contributed by atoms with Gasteiger partial charge < -0.3 is 9.64 Å². The molecule has 1 aliphatic carbocycles. The number of hydrogen-bond donors (Lipinski definition) is 0. The van der Waals surface area contributed by atoms with E-state index in [1.54, 1.807) is 11.8 Å². The lowest BCUT2D eigenvalue weighted by Crippen LogP contribution is -2.43. The molecule has 0 aliphatic heterocycles. The number of amides is 1. The SMILES string of the molecule is CCN(CC(C)C(=O)OC)C(=O)C1(c2ccc(C(C)(C)C)cc2)CC1. The molecule has 0 spiro atoms. The molecule has 4 nitrogen and oxygen atoms in total. The predicted molar refractivity (Wildman–Crippen MR) is 99.5 cm³/mol. The van der Waals surface area contributed by atoms with Gasteiger partial charge in [0.1, 0.15) is 0 Å². The Bertz CT molecular complexity index is 624. The minimum Gasteiger partial charge on any atom is -0.469 e. The van der Waals surface area contributed by atoms with Crippen LogP contribution < -0.4 is 0 Å². The number of carbonyl (C=O) groups excluding carboxylic acids is 2. The van der Waals surface area contributed by atoms with Crippen LogP contribution in [-0.4, -0.2) is 37.0 Å². The first-order valence-electron chi connectivity index (χ1n) is 9.14. The van der Waals surface area contributed by atoms with Crippen molar-refractivity contribution in [3.63, 3.8) is 0 Å². The number of nitrogens with zero attached hydrogens (tertiary/aromatic N) is 1. The summed E-state index contributed by atoms with van der Waals surface area (Å²) < 4.78 is 4.79. The second kappa shape index (κ2) is 7.19. The summed E-state index contributed by atoms with van der Waals surface area (Å²) in [4.78, 5) is 26.7. The Hall–Kier alpha value is -1.84. The molecule has 0 radical (unpaired) electrons. The van der Waals surface area contributed by atoms with Crippen molar-refractivity contribution in [2.75, 3.05) is 20.2 Å². The third-order valence-corrected chi connectivity index (χ3v) is 5.23. The Morgan fingerprint density at radius 1 is 1.20 bits per heavy atom. The summed E-state index contributed by atoms with van der Waals surface area (Å²) in [5.41, 5.74) is 2.06. The van der Waals surface area contributed by atoms with Crippen LogP contribution in [0.15, 0.2) is 24.3 Å². The molecule has 1 aliphatic rings. The summed E-state index contributed by atoms with van der Waals surface area (Å²) >= 11 is 0. The van der Waals surface area contributed by atoms with Crippen molar-refractivity contribution < 1.29 is 14.3 Å². The lowest BCUT2D eigenvalue weighted by atomic mass is 9.84. The third-order valence-electron chi connectivity index (χ3n) is 5.23. The van der Waals surface area contributed by atoms with Crippen molar-refractivity contribution in [1.29, 1.82) is 0 Å². The highest BCUT2D eigenvalue weighted by Crippen LogP contribution is 2.50. The Labute approximate surface area is 151 Å². The number of hydrogen-bond acceptors (Lipinski definition) is 3. The Kier molecular flexibility index (Phi) is 5.60. The van der Waals surface area contributed by atoms with Gasteiger partial charge in [-0.25, -0.2) is 0 Å². The first-order valence-corrected chi connectivity index (χ1v) is 9.14. The molecule has 138 valence electrons. The normalized spacial score (nSPS) is 16.9. The molecule has 4 heteroatoms. The van der Waals surface area contributed by atoms with Gasteiger partial charge in [-0.05, 0) is 36.3 Å². The highest BCUT2D eigenvalue weighted by molar-refractivity contribution is 5.91. The van der Waals surface area contributed by atoms with E-state index in [1.807, 2.05) is 6.92 Å². The van der Waals surface area contributed by atoms with Gasteiger partial charge in [0.2, 0.25) is 5.91 Å². The van der Waals surface area contributed by atoms with E-state index >= 15 is 0 Å². The van der Waals surface area contributed by atoms with Crippen LogP contribution in [0.5, 0.6) is 0 Å². The summed E-state index contributed by atoms with van der Waals surface area (Å²) in [7, 11) is 1.39. The molecule has 0 heterocycles. The average Bonchev–Trinajstić information content (AvgIpc) is 3.39. The Morgan fingerprint density at radius 3 is 2.16 bits per heavy atom. The minimum atomic E-state index is -0.401. The number of methoxy groups -OCH3 is 1. The molecule has 2 rings (SSSR count). The standard InChI is InChI=1S/C21H31NO3/c1-7-22(14-15(2)18(23)25-6)19(24)21(12-13-21)17-10-8-16(9-11-17)20(3,4)5/h8-11,15H,7,12-14H2,1-6H3. The second-order valence-corrected chi connectivity index (χ2v) is 8.18. The smallest absolute Gasteiger partial charge is 0.310 e. The highest BCUT2D eigenvalue weighted by atomic mass is 16.5. The van der Waals surface area contributed by atoms with Gasteiger partial charge in [-0.3, -0.25) is 9.59 Å². The maximum absolute atomic E-state index is 13.2. The van der Waals surface area contributed by atoms with Gasteiger partial charge in [0.05, 0.1) is 18.4 Å². The van der Waals surface area contributed by atoms with Crippen LogP contribution in [0.2, 0.25) is 0 Å². The molecule has 1 amide bonds. The molecule has 1 fully saturated rings. The fourth-order valence-corrected chi connectivity index (χ4v) is 3.30. The van der Waals surface area contributed by atoms with Crippen LogP contribution >= 0.6 is 0 Å². The van der Waals surface area contributed by atoms with Crippen LogP contribution in [0.1, 0.15) is 58.6 Å². The topological polar surface area (TPSA) is 46.6 Å². The molecule has 0 aromatic heterocycles. The zero-order chi connectivity index (χ0) is 18.8.